The standard InChI is InChI=1S/C26H23FN2O4S/c1-14-21(25(30)32-3)23(22(15(2)28-14)26(31)33-4)17-8-5-9-18(11-17)24-29-20(13-34-24)16-7-6-10-19(27)12-16/h5-13,23,28H,1-4H3. The summed E-state index contributed by atoms with van der Waals surface area (Å²) in [6.45, 7) is 3.54. The highest BCUT2D eigenvalue weighted by Gasteiger charge is 2.37. The number of benzene rings is 2. The molecule has 1 aliphatic heterocycles. The first-order valence-electron chi connectivity index (χ1n) is 10.5. The Morgan fingerprint density at radius 2 is 1.56 bits per heavy atom. The molecule has 0 radical (unpaired) electrons. The van der Waals surface area contributed by atoms with E-state index in [-0.39, 0.29) is 5.82 Å². The highest BCUT2D eigenvalue weighted by Crippen LogP contribution is 2.40. The van der Waals surface area contributed by atoms with E-state index in [1.165, 1.54) is 37.7 Å². The summed E-state index contributed by atoms with van der Waals surface area (Å²) in [7, 11) is 2.62. The van der Waals surface area contributed by atoms with Crippen molar-refractivity contribution in [1.29, 1.82) is 0 Å². The van der Waals surface area contributed by atoms with E-state index in [9.17, 15) is 14.0 Å². The van der Waals surface area contributed by atoms with Crippen molar-refractivity contribution >= 4 is 23.3 Å². The predicted octanol–water partition coefficient (Wildman–Crippen LogP) is 5.20. The molecule has 0 fully saturated rings. The van der Waals surface area contributed by atoms with Gasteiger partial charge < -0.3 is 14.8 Å². The van der Waals surface area contributed by atoms with E-state index in [1.54, 1.807) is 26.0 Å². The van der Waals surface area contributed by atoms with Gasteiger partial charge in [0.1, 0.15) is 10.8 Å². The SMILES string of the molecule is COC(=O)C1=C(C)NC(C)=C(C(=O)OC)C1c1cccc(-c2nc(-c3cccc(F)c3)cs2)c1. The van der Waals surface area contributed by atoms with Gasteiger partial charge in [0.2, 0.25) is 0 Å². The molecule has 2 heterocycles. The molecule has 0 unspecified atom stereocenters. The van der Waals surface area contributed by atoms with E-state index >= 15 is 0 Å². The van der Waals surface area contributed by atoms with Crippen molar-refractivity contribution in [3.05, 3.63) is 87.8 Å². The van der Waals surface area contributed by atoms with Crippen LogP contribution in [-0.2, 0) is 19.1 Å². The van der Waals surface area contributed by atoms with Crippen LogP contribution in [0.3, 0.4) is 0 Å². The Balaban J connectivity index is 1.80. The number of hydrogen-bond donors (Lipinski definition) is 1. The molecule has 0 amide bonds. The second kappa shape index (κ2) is 9.61. The van der Waals surface area contributed by atoms with Gasteiger partial charge in [0.05, 0.1) is 37.0 Å². The van der Waals surface area contributed by atoms with Crippen LogP contribution < -0.4 is 5.32 Å². The maximum absolute atomic E-state index is 13.7. The molecule has 1 aromatic heterocycles. The van der Waals surface area contributed by atoms with Crippen molar-refractivity contribution in [2.24, 2.45) is 0 Å². The molecular weight excluding hydrogens is 455 g/mol. The van der Waals surface area contributed by atoms with Gasteiger partial charge in [-0.1, -0.05) is 30.3 Å². The second-order valence-corrected chi connectivity index (χ2v) is 8.65. The molecule has 0 saturated carbocycles. The monoisotopic (exact) mass is 478 g/mol. The first-order valence-corrected chi connectivity index (χ1v) is 11.4. The number of carbonyl (C=O) groups is 2. The minimum Gasteiger partial charge on any atom is -0.466 e. The number of methoxy groups -OCH3 is 2. The summed E-state index contributed by atoms with van der Waals surface area (Å²) in [6.07, 6.45) is 0. The third-order valence-electron chi connectivity index (χ3n) is 5.66. The smallest absolute Gasteiger partial charge is 0.336 e. The van der Waals surface area contributed by atoms with E-state index in [1.807, 2.05) is 29.6 Å². The number of aromatic nitrogens is 1. The van der Waals surface area contributed by atoms with Crippen LogP contribution in [0.2, 0.25) is 0 Å². The third-order valence-corrected chi connectivity index (χ3v) is 6.55. The first kappa shape index (κ1) is 23.4. The van der Waals surface area contributed by atoms with Gasteiger partial charge in [0, 0.05) is 27.9 Å². The summed E-state index contributed by atoms with van der Waals surface area (Å²) in [5, 5.41) is 5.70. The molecule has 2 aromatic carbocycles. The lowest BCUT2D eigenvalue weighted by atomic mass is 9.80. The number of thiazole rings is 1. The molecular formula is C26H23FN2O4S. The molecule has 0 bridgehead atoms. The van der Waals surface area contributed by atoms with Gasteiger partial charge in [-0.2, -0.15) is 0 Å². The summed E-state index contributed by atoms with van der Waals surface area (Å²) in [6, 6.07) is 13.8. The summed E-state index contributed by atoms with van der Waals surface area (Å²) >= 11 is 1.43. The molecule has 0 aliphatic carbocycles. The van der Waals surface area contributed by atoms with E-state index in [0.717, 1.165) is 16.1 Å². The lowest BCUT2D eigenvalue weighted by Gasteiger charge is -2.30. The number of ether oxygens (including phenoxy) is 2. The predicted molar refractivity (Wildman–Crippen MR) is 128 cm³/mol. The normalized spacial score (nSPS) is 14.1. The molecule has 34 heavy (non-hydrogen) atoms. The Hall–Kier alpha value is -3.78. The van der Waals surface area contributed by atoms with Gasteiger partial charge >= 0.3 is 11.9 Å². The zero-order valence-electron chi connectivity index (χ0n) is 19.1. The van der Waals surface area contributed by atoms with Gasteiger partial charge in [-0.3, -0.25) is 0 Å². The quantitative estimate of drug-likeness (QED) is 0.508. The van der Waals surface area contributed by atoms with Gasteiger partial charge in [0.15, 0.2) is 0 Å². The molecule has 1 N–H and O–H groups in total. The summed E-state index contributed by atoms with van der Waals surface area (Å²) in [5.41, 5.74) is 4.79. The maximum atomic E-state index is 13.7. The molecule has 4 rings (SSSR count). The van der Waals surface area contributed by atoms with Crippen molar-refractivity contribution in [3.63, 3.8) is 0 Å². The highest BCUT2D eigenvalue weighted by atomic mass is 32.1. The Bertz CT molecular complexity index is 1300. The summed E-state index contributed by atoms with van der Waals surface area (Å²) in [4.78, 5) is 30.1. The molecule has 3 aromatic rings. The number of esters is 2. The van der Waals surface area contributed by atoms with E-state index < -0.39 is 17.9 Å². The summed E-state index contributed by atoms with van der Waals surface area (Å²) < 4.78 is 23.7. The zero-order chi connectivity index (χ0) is 24.4. The molecule has 0 saturated heterocycles. The van der Waals surface area contributed by atoms with Crippen LogP contribution in [0, 0.1) is 5.82 Å². The van der Waals surface area contributed by atoms with Crippen LogP contribution in [0.4, 0.5) is 4.39 Å². The van der Waals surface area contributed by atoms with E-state index in [2.05, 4.69) is 10.3 Å². The molecule has 0 spiro atoms. The number of nitrogens with zero attached hydrogens (tertiary/aromatic N) is 1. The van der Waals surface area contributed by atoms with Gasteiger partial charge in [-0.25, -0.2) is 19.0 Å². The lowest BCUT2D eigenvalue weighted by molar-refractivity contribution is -0.137. The molecule has 0 atom stereocenters. The molecule has 6 nitrogen and oxygen atoms in total. The average molecular weight is 479 g/mol. The van der Waals surface area contributed by atoms with Crippen molar-refractivity contribution in [3.8, 4) is 21.8 Å². The fourth-order valence-corrected chi connectivity index (χ4v) is 4.95. The third kappa shape index (κ3) is 4.36. The first-order chi connectivity index (χ1) is 16.3. The van der Waals surface area contributed by atoms with Gasteiger partial charge in [-0.15, -0.1) is 11.3 Å². The minimum atomic E-state index is -0.677. The number of carbonyl (C=O) groups excluding carboxylic acids is 2. The Morgan fingerprint density at radius 1 is 0.941 bits per heavy atom. The number of nitrogens with one attached hydrogen (secondary N) is 1. The molecule has 1 aliphatic rings. The number of allylic oxidation sites excluding steroid dienone is 2. The van der Waals surface area contributed by atoms with Crippen LogP contribution in [0.1, 0.15) is 25.3 Å². The highest BCUT2D eigenvalue weighted by molar-refractivity contribution is 7.13. The number of hydrogen-bond acceptors (Lipinski definition) is 7. The van der Waals surface area contributed by atoms with Crippen LogP contribution in [0.25, 0.3) is 21.8 Å². The largest absolute Gasteiger partial charge is 0.466 e. The number of dihydropyridines is 1. The lowest BCUT2D eigenvalue weighted by Crippen LogP contribution is -2.32. The van der Waals surface area contributed by atoms with Crippen LogP contribution >= 0.6 is 11.3 Å². The van der Waals surface area contributed by atoms with Gasteiger partial charge in [0.25, 0.3) is 0 Å². The summed E-state index contributed by atoms with van der Waals surface area (Å²) in [5.74, 6) is -2.06. The minimum absolute atomic E-state index is 0.324. The Kier molecular flexibility index (Phi) is 6.61. The van der Waals surface area contributed by atoms with Crippen LogP contribution in [0.15, 0.2) is 76.5 Å². The van der Waals surface area contributed by atoms with E-state index in [4.69, 9.17) is 9.47 Å². The van der Waals surface area contributed by atoms with E-state index in [0.29, 0.717) is 33.8 Å². The van der Waals surface area contributed by atoms with Crippen LogP contribution in [-0.4, -0.2) is 31.1 Å². The van der Waals surface area contributed by atoms with Crippen molar-refractivity contribution in [2.45, 2.75) is 19.8 Å². The topological polar surface area (TPSA) is 77.5 Å². The molecule has 174 valence electrons. The zero-order valence-corrected chi connectivity index (χ0v) is 20.0. The van der Waals surface area contributed by atoms with Crippen molar-refractivity contribution in [2.75, 3.05) is 14.2 Å². The van der Waals surface area contributed by atoms with Crippen LogP contribution in [0.5, 0.6) is 0 Å². The fourth-order valence-electron chi connectivity index (χ4n) is 4.13. The fraction of sp³-hybridized carbons (Fsp3) is 0.192. The Morgan fingerprint density at radius 3 is 2.18 bits per heavy atom. The average Bonchev–Trinajstić information content (AvgIpc) is 3.33. The second-order valence-electron chi connectivity index (χ2n) is 7.79. The van der Waals surface area contributed by atoms with Crippen molar-refractivity contribution < 1.29 is 23.5 Å². The molecule has 8 heteroatoms. The van der Waals surface area contributed by atoms with Crippen molar-refractivity contribution in [1.82, 2.24) is 10.3 Å². The number of rotatable bonds is 5. The number of halogens is 1. The van der Waals surface area contributed by atoms with Gasteiger partial charge in [-0.05, 0) is 37.6 Å². The maximum Gasteiger partial charge on any atom is 0.336 e. The Labute approximate surface area is 200 Å².